The fraction of sp³-hybridized carbons (Fsp3) is 0.429. The van der Waals surface area contributed by atoms with Crippen molar-refractivity contribution in [1.82, 2.24) is 4.90 Å². The molecule has 3 rings (SSSR count). The van der Waals surface area contributed by atoms with E-state index in [1.165, 1.54) is 6.07 Å². The maximum absolute atomic E-state index is 12.8. The first-order valence-electron chi connectivity index (χ1n) is 9.18. The summed E-state index contributed by atoms with van der Waals surface area (Å²) in [5.74, 6) is 0.623. The summed E-state index contributed by atoms with van der Waals surface area (Å²) >= 11 is 0. The molecule has 2 aromatic rings. The Balaban J connectivity index is 1.58. The summed E-state index contributed by atoms with van der Waals surface area (Å²) in [7, 11) is 0. The van der Waals surface area contributed by atoms with Crippen LogP contribution in [-0.2, 0) is 17.5 Å². The lowest BCUT2D eigenvalue weighted by atomic mass is 10.1. The molecule has 1 heterocycles. The average molecular weight is 379 g/mol. The molecule has 0 aliphatic carbocycles. The fourth-order valence-electron chi connectivity index (χ4n) is 3.21. The van der Waals surface area contributed by atoms with E-state index >= 15 is 0 Å². The Labute approximate surface area is 157 Å². The third kappa shape index (κ3) is 5.47. The average Bonchev–Trinajstić information content (AvgIpc) is 2.67. The molecular weight excluding hydrogens is 355 g/mol. The Morgan fingerprint density at radius 3 is 2.63 bits per heavy atom. The molecule has 0 saturated carbocycles. The van der Waals surface area contributed by atoms with Crippen LogP contribution in [0.25, 0.3) is 0 Å². The van der Waals surface area contributed by atoms with Crippen molar-refractivity contribution in [2.45, 2.75) is 32.2 Å². The van der Waals surface area contributed by atoms with Gasteiger partial charge in [0, 0.05) is 13.1 Å². The number of morpholine rings is 1. The number of nitrogens with zero attached hydrogens (tertiary/aromatic N) is 1. The van der Waals surface area contributed by atoms with Crippen LogP contribution in [0, 0.1) is 0 Å². The van der Waals surface area contributed by atoms with Crippen LogP contribution in [0.2, 0.25) is 0 Å². The molecule has 0 radical (unpaired) electrons. The highest BCUT2D eigenvalue weighted by Crippen LogP contribution is 2.30. The molecule has 1 saturated heterocycles. The zero-order valence-electron chi connectivity index (χ0n) is 15.3. The Hall–Kier alpha value is -2.05. The number of rotatable bonds is 6. The van der Waals surface area contributed by atoms with Gasteiger partial charge in [-0.3, -0.25) is 4.90 Å². The van der Waals surface area contributed by atoms with Crippen molar-refractivity contribution in [1.29, 1.82) is 0 Å². The SMILES string of the molecule is CCCN1CCOC(c2ccc(OCc3cccc(C(F)(F)F)c3)cc2)C1. The van der Waals surface area contributed by atoms with Crippen molar-refractivity contribution in [3.63, 3.8) is 0 Å². The van der Waals surface area contributed by atoms with Crippen molar-refractivity contribution in [2.24, 2.45) is 0 Å². The van der Waals surface area contributed by atoms with Crippen LogP contribution in [0.15, 0.2) is 48.5 Å². The number of alkyl halides is 3. The number of ether oxygens (including phenoxy) is 2. The van der Waals surface area contributed by atoms with Gasteiger partial charge in [0.05, 0.1) is 18.3 Å². The second kappa shape index (κ2) is 8.76. The lowest BCUT2D eigenvalue weighted by Gasteiger charge is -2.33. The molecule has 1 atom stereocenters. The normalized spacial score (nSPS) is 18.4. The maximum atomic E-state index is 12.8. The van der Waals surface area contributed by atoms with E-state index in [1.807, 2.05) is 24.3 Å². The third-order valence-electron chi connectivity index (χ3n) is 4.60. The predicted molar refractivity (Wildman–Crippen MR) is 97.6 cm³/mol. The summed E-state index contributed by atoms with van der Waals surface area (Å²) in [5, 5.41) is 0. The second-order valence-electron chi connectivity index (χ2n) is 6.72. The van der Waals surface area contributed by atoms with Gasteiger partial charge in [-0.05, 0) is 48.4 Å². The van der Waals surface area contributed by atoms with Gasteiger partial charge in [-0.1, -0.05) is 31.2 Å². The van der Waals surface area contributed by atoms with E-state index in [1.54, 1.807) is 6.07 Å². The van der Waals surface area contributed by atoms with Gasteiger partial charge in [-0.25, -0.2) is 0 Å². The Bertz CT molecular complexity index is 729. The molecule has 1 aliphatic heterocycles. The molecular formula is C21H24F3NO2. The monoisotopic (exact) mass is 379 g/mol. The summed E-state index contributed by atoms with van der Waals surface area (Å²) in [6.45, 7) is 5.88. The van der Waals surface area contributed by atoms with E-state index in [-0.39, 0.29) is 12.7 Å². The van der Waals surface area contributed by atoms with Crippen LogP contribution in [0.1, 0.15) is 36.1 Å². The molecule has 6 heteroatoms. The minimum Gasteiger partial charge on any atom is -0.489 e. The van der Waals surface area contributed by atoms with Gasteiger partial charge in [0.25, 0.3) is 0 Å². The molecule has 27 heavy (non-hydrogen) atoms. The predicted octanol–water partition coefficient (Wildman–Crippen LogP) is 5.07. The minimum atomic E-state index is -4.34. The van der Waals surface area contributed by atoms with E-state index in [2.05, 4.69) is 11.8 Å². The van der Waals surface area contributed by atoms with Crippen molar-refractivity contribution in [3.05, 3.63) is 65.2 Å². The highest BCUT2D eigenvalue weighted by molar-refractivity contribution is 5.30. The first kappa shape index (κ1) is 19.7. The van der Waals surface area contributed by atoms with E-state index < -0.39 is 11.7 Å². The van der Waals surface area contributed by atoms with Crippen LogP contribution in [0.3, 0.4) is 0 Å². The lowest BCUT2D eigenvalue weighted by molar-refractivity contribution is -0.137. The summed E-state index contributed by atoms with van der Waals surface area (Å²) in [5.41, 5.74) is 0.909. The lowest BCUT2D eigenvalue weighted by Crippen LogP contribution is -2.38. The second-order valence-corrected chi connectivity index (χ2v) is 6.72. The number of hydrogen-bond acceptors (Lipinski definition) is 3. The molecule has 3 nitrogen and oxygen atoms in total. The van der Waals surface area contributed by atoms with Crippen LogP contribution in [0.4, 0.5) is 13.2 Å². The van der Waals surface area contributed by atoms with Crippen LogP contribution in [-0.4, -0.2) is 31.1 Å². The van der Waals surface area contributed by atoms with E-state index in [9.17, 15) is 13.2 Å². The van der Waals surface area contributed by atoms with Gasteiger partial charge < -0.3 is 9.47 Å². The Morgan fingerprint density at radius 2 is 1.93 bits per heavy atom. The van der Waals surface area contributed by atoms with Gasteiger partial charge in [0.15, 0.2) is 0 Å². The van der Waals surface area contributed by atoms with Crippen LogP contribution >= 0.6 is 0 Å². The largest absolute Gasteiger partial charge is 0.489 e. The van der Waals surface area contributed by atoms with E-state index in [0.29, 0.717) is 11.3 Å². The first-order valence-corrected chi connectivity index (χ1v) is 9.18. The van der Waals surface area contributed by atoms with Crippen molar-refractivity contribution in [2.75, 3.05) is 26.2 Å². The molecule has 2 aromatic carbocycles. The van der Waals surface area contributed by atoms with Crippen LogP contribution in [0.5, 0.6) is 5.75 Å². The molecule has 1 unspecified atom stereocenters. The molecule has 1 fully saturated rings. The Kier molecular flexibility index (Phi) is 6.39. The summed E-state index contributed by atoms with van der Waals surface area (Å²) in [6.07, 6.45) is -3.18. The quantitative estimate of drug-likeness (QED) is 0.700. The fourth-order valence-corrected chi connectivity index (χ4v) is 3.21. The van der Waals surface area contributed by atoms with Gasteiger partial charge in [0.1, 0.15) is 12.4 Å². The van der Waals surface area contributed by atoms with Gasteiger partial charge in [0.2, 0.25) is 0 Å². The van der Waals surface area contributed by atoms with Gasteiger partial charge in [-0.15, -0.1) is 0 Å². The van der Waals surface area contributed by atoms with Crippen molar-refractivity contribution in [3.8, 4) is 5.75 Å². The third-order valence-corrected chi connectivity index (χ3v) is 4.60. The van der Waals surface area contributed by atoms with Gasteiger partial charge in [-0.2, -0.15) is 13.2 Å². The molecule has 0 N–H and O–H groups in total. The van der Waals surface area contributed by atoms with Crippen molar-refractivity contribution >= 4 is 0 Å². The van der Waals surface area contributed by atoms with Crippen LogP contribution < -0.4 is 4.74 Å². The molecule has 146 valence electrons. The highest BCUT2D eigenvalue weighted by Gasteiger charge is 2.30. The molecule has 0 bridgehead atoms. The number of benzene rings is 2. The van der Waals surface area contributed by atoms with E-state index in [4.69, 9.17) is 9.47 Å². The zero-order chi connectivity index (χ0) is 19.3. The first-order chi connectivity index (χ1) is 13.0. The van der Waals surface area contributed by atoms with Crippen molar-refractivity contribution < 1.29 is 22.6 Å². The topological polar surface area (TPSA) is 21.7 Å². The molecule has 1 aliphatic rings. The molecule has 0 aromatic heterocycles. The Morgan fingerprint density at radius 1 is 1.15 bits per heavy atom. The number of halogens is 3. The molecule has 0 amide bonds. The highest BCUT2D eigenvalue weighted by atomic mass is 19.4. The minimum absolute atomic E-state index is 0.0443. The van der Waals surface area contributed by atoms with Gasteiger partial charge >= 0.3 is 6.18 Å². The standard InChI is InChI=1S/C21H24F3NO2/c1-2-10-25-11-12-26-20(14-25)17-6-8-19(9-7-17)27-15-16-4-3-5-18(13-16)21(22,23)24/h3-9,13,20H,2,10-12,14-15H2,1H3. The summed E-state index contributed by atoms with van der Waals surface area (Å²) in [6, 6.07) is 12.8. The van der Waals surface area contributed by atoms with E-state index in [0.717, 1.165) is 50.4 Å². The smallest absolute Gasteiger partial charge is 0.416 e. The summed E-state index contributed by atoms with van der Waals surface area (Å²) in [4.78, 5) is 2.40. The maximum Gasteiger partial charge on any atom is 0.416 e. The molecule has 0 spiro atoms. The number of hydrogen-bond donors (Lipinski definition) is 0. The summed E-state index contributed by atoms with van der Waals surface area (Å²) < 4.78 is 49.8. The zero-order valence-corrected chi connectivity index (χ0v) is 15.3.